The Morgan fingerprint density at radius 3 is 2.38 bits per heavy atom. The second-order valence-corrected chi connectivity index (χ2v) is 4.17. The smallest absolute Gasteiger partial charge is 0.189 e. The van der Waals surface area contributed by atoms with Crippen LogP contribution in [0.5, 0.6) is 0 Å². The number of likely N-dealkylation sites (N-methyl/N-ethyl adjacent to an activating group) is 1. The van der Waals surface area contributed by atoms with Gasteiger partial charge in [0.05, 0.1) is 6.54 Å². The summed E-state index contributed by atoms with van der Waals surface area (Å²) in [6, 6.07) is 1.87. The largest absolute Gasteiger partial charge is 0.401 e. The monoisotopic (exact) mass is 222 g/mol. The molecular weight excluding hydrogens is 204 g/mol. The molecule has 0 saturated carbocycles. The zero-order valence-corrected chi connectivity index (χ0v) is 9.86. The lowest BCUT2D eigenvalue weighted by atomic mass is 10.1. The maximum Gasteiger partial charge on any atom is 0.189 e. The summed E-state index contributed by atoms with van der Waals surface area (Å²) in [5, 5.41) is 8.80. The molecule has 16 heavy (non-hydrogen) atoms. The van der Waals surface area contributed by atoms with Crippen LogP contribution in [0.2, 0.25) is 0 Å². The summed E-state index contributed by atoms with van der Waals surface area (Å²) >= 11 is 0. The molecule has 1 heterocycles. The Balaban J connectivity index is 2.53. The number of carbonyl (C=O) groups is 1. The van der Waals surface area contributed by atoms with E-state index in [0.29, 0.717) is 12.2 Å². The summed E-state index contributed by atoms with van der Waals surface area (Å²) < 4.78 is 0. The topological polar surface area (TPSA) is 73.4 Å². The Morgan fingerprint density at radius 1 is 1.38 bits per heavy atom. The summed E-state index contributed by atoms with van der Waals surface area (Å²) in [5.41, 5.74) is 5.89. The van der Waals surface area contributed by atoms with Crippen LogP contribution in [0, 0.1) is 11.3 Å². The summed E-state index contributed by atoms with van der Waals surface area (Å²) in [7, 11) is 2.06. The molecule has 1 saturated heterocycles. The molecule has 1 fully saturated rings. The molecule has 5 nitrogen and oxygen atoms in total. The van der Waals surface area contributed by atoms with Crippen LogP contribution in [0.15, 0.2) is 11.3 Å². The molecule has 0 amide bonds. The van der Waals surface area contributed by atoms with Crippen molar-refractivity contribution in [2.24, 2.45) is 5.73 Å². The molecule has 0 aliphatic carbocycles. The van der Waals surface area contributed by atoms with E-state index in [-0.39, 0.29) is 11.4 Å². The Morgan fingerprint density at radius 2 is 1.94 bits per heavy atom. The third-order valence-electron chi connectivity index (χ3n) is 2.75. The van der Waals surface area contributed by atoms with Crippen molar-refractivity contribution in [1.82, 2.24) is 9.80 Å². The fourth-order valence-corrected chi connectivity index (χ4v) is 1.66. The minimum absolute atomic E-state index is 0.0962. The zero-order valence-electron chi connectivity index (χ0n) is 9.86. The van der Waals surface area contributed by atoms with Gasteiger partial charge in [-0.2, -0.15) is 5.26 Å². The fraction of sp³-hybridized carbons (Fsp3) is 0.636. The number of Topliss-reactive ketones (excluding diaryl/α,β-unsaturated/α-hetero) is 1. The van der Waals surface area contributed by atoms with E-state index in [1.165, 1.54) is 0 Å². The quantitative estimate of drug-likeness (QED) is 0.517. The van der Waals surface area contributed by atoms with Crippen LogP contribution < -0.4 is 5.73 Å². The minimum atomic E-state index is -0.174. The average molecular weight is 222 g/mol. The first-order chi connectivity index (χ1) is 7.54. The molecule has 0 unspecified atom stereocenters. The number of hydrogen-bond acceptors (Lipinski definition) is 5. The van der Waals surface area contributed by atoms with Gasteiger partial charge in [-0.15, -0.1) is 0 Å². The van der Waals surface area contributed by atoms with E-state index in [9.17, 15) is 4.79 Å². The zero-order chi connectivity index (χ0) is 12.1. The van der Waals surface area contributed by atoms with Gasteiger partial charge in [0, 0.05) is 31.9 Å². The van der Waals surface area contributed by atoms with Gasteiger partial charge in [0.2, 0.25) is 0 Å². The van der Waals surface area contributed by atoms with E-state index in [0.717, 1.165) is 26.2 Å². The molecule has 0 spiro atoms. The SMILES string of the molecule is C/C(N)=C(/C#N)C(=O)CN1CCN(C)CC1. The van der Waals surface area contributed by atoms with Crippen molar-refractivity contribution in [2.45, 2.75) is 6.92 Å². The standard InChI is InChI=1S/C11H18N4O/c1-9(13)10(7-12)11(16)8-15-5-3-14(2)4-6-15/h3-6,8,13H2,1-2H3/b10-9+. The highest BCUT2D eigenvalue weighted by atomic mass is 16.1. The van der Waals surface area contributed by atoms with Crippen LogP contribution in [0.25, 0.3) is 0 Å². The van der Waals surface area contributed by atoms with Crippen molar-refractivity contribution in [2.75, 3.05) is 39.8 Å². The molecule has 1 rings (SSSR count). The van der Waals surface area contributed by atoms with Gasteiger partial charge < -0.3 is 10.6 Å². The van der Waals surface area contributed by atoms with Crippen molar-refractivity contribution >= 4 is 5.78 Å². The molecule has 1 aliphatic rings. The molecule has 0 aromatic carbocycles. The summed E-state index contributed by atoms with van der Waals surface area (Å²) in [6.07, 6.45) is 0. The van der Waals surface area contributed by atoms with Gasteiger partial charge in [-0.05, 0) is 14.0 Å². The molecule has 0 bridgehead atoms. The van der Waals surface area contributed by atoms with Crippen molar-refractivity contribution in [3.63, 3.8) is 0 Å². The summed E-state index contributed by atoms with van der Waals surface area (Å²) in [5.74, 6) is -0.174. The number of piperazine rings is 1. The van der Waals surface area contributed by atoms with E-state index in [2.05, 4.69) is 16.8 Å². The lowest BCUT2D eigenvalue weighted by Crippen LogP contribution is -2.46. The van der Waals surface area contributed by atoms with Gasteiger partial charge >= 0.3 is 0 Å². The molecule has 5 heteroatoms. The number of nitrogens with two attached hydrogens (primary N) is 1. The predicted molar refractivity (Wildman–Crippen MR) is 61.4 cm³/mol. The van der Waals surface area contributed by atoms with Crippen molar-refractivity contribution in [3.05, 3.63) is 11.3 Å². The van der Waals surface area contributed by atoms with E-state index < -0.39 is 0 Å². The molecular formula is C11H18N4O. The first-order valence-electron chi connectivity index (χ1n) is 5.35. The van der Waals surface area contributed by atoms with Crippen LogP contribution in [0.1, 0.15) is 6.92 Å². The molecule has 0 radical (unpaired) electrons. The molecule has 2 N–H and O–H groups in total. The van der Waals surface area contributed by atoms with E-state index in [4.69, 9.17) is 11.0 Å². The summed E-state index contributed by atoms with van der Waals surface area (Å²) in [6.45, 7) is 5.53. The molecule has 0 atom stereocenters. The number of hydrogen-bond donors (Lipinski definition) is 1. The maximum atomic E-state index is 11.7. The van der Waals surface area contributed by atoms with Gasteiger partial charge in [-0.25, -0.2) is 0 Å². The number of ketones is 1. The number of allylic oxidation sites excluding steroid dienone is 1. The highest BCUT2D eigenvalue weighted by Crippen LogP contribution is 2.04. The van der Waals surface area contributed by atoms with Gasteiger partial charge in [0.1, 0.15) is 11.6 Å². The Hall–Kier alpha value is -1.38. The molecule has 88 valence electrons. The van der Waals surface area contributed by atoms with Crippen LogP contribution in [0.4, 0.5) is 0 Å². The van der Waals surface area contributed by atoms with E-state index in [1.807, 2.05) is 6.07 Å². The third kappa shape index (κ3) is 3.33. The Kier molecular flexibility index (Phi) is 4.47. The second-order valence-electron chi connectivity index (χ2n) is 4.17. The number of rotatable bonds is 3. The van der Waals surface area contributed by atoms with Crippen LogP contribution in [-0.4, -0.2) is 55.4 Å². The Bertz CT molecular complexity index is 330. The van der Waals surface area contributed by atoms with E-state index in [1.54, 1.807) is 6.92 Å². The number of carbonyl (C=O) groups excluding carboxylic acids is 1. The fourth-order valence-electron chi connectivity index (χ4n) is 1.66. The van der Waals surface area contributed by atoms with E-state index >= 15 is 0 Å². The van der Waals surface area contributed by atoms with Gasteiger partial charge in [0.15, 0.2) is 5.78 Å². The molecule has 0 aromatic rings. The van der Waals surface area contributed by atoms with Crippen molar-refractivity contribution < 1.29 is 4.79 Å². The molecule has 1 aliphatic heterocycles. The average Bonchev–Trinajstić information content (AvgIpc) is 2.22. The first kappa shape index (κ1) is 12.7. The van der Waals surface area contributed by atoms with Crippen LogP contribution in [-0.2, 0) is 4.79 Å². The Labute approximate surface area is 96.1 Å². The van der Waals surface area contributed by atoms with Gasteiger partial charge in [-0.1, -0.05) is 0 Å². The lowest BCUT2D eigenvalue weighted by molar-refractivity contribution is -0.116. The van der Waals surface area contributed by atoms with Crippen LogP contribution >= 0.6 is 0 Å². The predicted octanol–water partition coefficient (Wildman–Crippen LogP) is -0.441. The second kappa shape index (κ2) is 5.64. The third-order valence-corrected chi connectivity index (χ3v) is 2.75. The lowest BCUT2D eigenvalue weighted by Gasteiger charge is -2.31. The van der Waals surface area contributed by atoms with Gasteiger partial charge in [0.25, 0.3) is 0 Å². The first-order valence-corrected chi connectivity index (χ1v) is 5.35. The number of nitriles is 1. The maximum absolute atomic E-state index is 11.7. The van der Waals surface area contributed by atoms with Crippen LogP contribution in [0.3, 0.4) is 0 Å². The highest BCUT2D eigenvalue weighted by molar-refractivity contribution is 6.01. The highest BCUT2D eigenvalue weighted by Gasteiger charge is 2.19. The normalized spacial score (nSPS) is 20.1. The van der Waals surface area contributed by atoms with Crippen molar-refractivity contribution in [3.8, 4) is 6.07 Å². The molecule has 0 aromatic heterocycles. The van der Waals surface area contributed by atoms with Gasteiger partial charge in [-0.3, -0.25) is 9.69 Å². The summed E-state index contributed by atoms with van der Waals surface area (Å²) in [4.78, 5) is 16.0. The van der Waals surface area contributed by atoms with Crippen molar-refractivity contribution in [1.29, 1.82) is 5.26 Å². The minimum Gasteiger partial charge on any atom is -0.401 e. The number of nitrogens with zero attached hydrogens (tertiary/aromatic N) is 3.